The molecule has 0 spiro atoms. The number of carbonyl (C=O) groups excluding carboxylic acids is 1. The first-order chi connectivity index (χ1) is 9.26. The quantitative estimate of drug-likeness (QED) is 0.878. The summed E-state index contributed by atoms with van der Waals surface area (Å²) in [5, 5.41) is 10.4. The van der Waals surface area contributed by atoms with Gasteiger partial charge in [-0.25, -0.2) is 0 Å². The van der Waals surface area contributed by atoms with Gasteiger partial charge in [0.1, 0.15) is 5.75 Å². The fourth-order valence-corrected chi connectivity index (χ4v) is 2.20. The smallest absolute Gasteiger partial charge is 0.227 e. The number of benzene rings is 1. The molecule has 0 radical (unpaired) electrons. The van der Waals surface area contributed by atoms with E-state index in [-0.39, 0.29) is 12.3 Å². The van der Waals surface area contributed by atoms with Crippen LogP contribution >= 0.6 is 11.6 Å². The van der Waals surface area contributed by atoms with E-state index in [1.807, 2.05) is 6.92 Å². The summed E-state index contributed by atoms with van der Waals surface area (Å²) in [6.45, 7) is 6.10. The molecule has 1 amide bonds. The van der Waals surface area contributed by atoms with Crippen molar-refractivity contribution >= 4 is 17.5 Å². The van der Waals surface area contributed by atoms with Crippen LogP contribution in [0.3, 0.4) is 0 Å². The monoisotopic (exact) mass is 299 g/mol. The molecule has 1 N–H and O–H groups in total. The number of methoxy groups -OCH3 is 1. The molecule has 0 fully saturated rings. The molecular formula is C15H22ClNO3. The lowest BCUT2D eigenvalue weighted by molar-refractivity contribution is -0.133. The van der Waals surface area contributed by atoms with Crippen molar-refractivity contribution in [3.8, 4) is 5.75 Å². The average Bonchev–Trinajstić information content (AvgIpc) is 2.35. The first kappa shape index (κ1) is 16.8. The highest BCUT2D eigenvalue weighted by Gasteiger charge is 2.22. The van der Waals surface area contributed by atoms with Crippen molar-refractivity contribution in [2.45, 2.75) is 32.8 Å². The fourth-order valence-electron chi connectivity index (χ4n) is 2.00. The zero-order valence-electron chi connectivity index (χ0n) is 12.4. The second kappa shape index (κ2) is 6.95. The Morgan fingerprint density at radius 1 is 1.45 bits per heavy atom. The van der Waals surface area contributed by atoms with Gasteiger partial charge in [-0.05, 0) is 39.0 Å². The zero-order valence-corrected chi connectivity index (χ0v) is 13.2. The minimum Gasteiger partial charge on any atom is -0.496 e. The highest BCUT2D eigenvalue weighted by atomic mass is 35.5. The molecule has 4 nitrogen and oxygen atoms in total. The highest BCUT2D eigenvalue weighted by Crippen LogP contribution is 2.23. The minimum absolute atomic E-state index is 0.0600. The standard InChI is InChI=1S/C15H22ClNO3/c1-5-17(10-15(2,3)19)14(18)9-11-8-12(16)6-7-13(11)20-4/h6-8,19H,5,9-10H2,1-4H3. The number of halogens is 1. The normalized spacial score (nSPS) is 11.3. The van der Waals surface area contributed by atoms with Crippen molar-refractivity contribution in [1.29, 1.82) is 0 Å². The van der Waals surface area contributed by atoms with Crippen LogP contribution in [0.5, 0.6) is 5.75 Å². The predicted molar refractivity (Wildman–Crippen MR) is 80.3 cm³/mol. The molecule has 112 valence electrons. The van der Waals surface area contributed by atoms with E-state index < -0.39 is 5.60 Å². The van der Waals surface area contributed by atoms with E-state index in [9.17, 15) is 9.90 Å². The second-order valence-electron chi connectivity index (χ2n) is 5.35. The summed E-state index contributed by atoms with van der Waals surface area (Å²) in [4.78, 5) is 13.9. The van der Waals surface area contributed by atoms with Crippen molar-refractivity contribution in [2.75, 3.05) is 20.2 Å². The van der Waals surface area contributed by atoms with Crippen molar-refractivity contribution < 1.29 is 14.6 Å². The maximum absolute atomic E-state index is 12.3. The van der Waals surface area contributed by atoms with E-state index in [0.717, 1.165) is 5.56 Å². The Hall–Kier alpha value is -1.26. The summed E-state index contributed by atoms with van der Waals surface area (Å²) < 4.78 is 5.24. The van der Waals surface area contributed by atoms with Crippen LogP contribution in [0.1, 0.15) is 26.3 Å². The summed E-state index contributed by atoms with van der Waals surface area (Å²) in [6.07, 6.45) is 0.202. The van der Waals surface area contributed by atoms with Gasteiger partial charge in [-0.2, -0.15) is 0 Å². The van der Waals surface area contributed by atoms with Gasteiger partial charge in [0, 0.05) is 23.7 Å². The Balaban J connectivity index is 2.86. The van der Waals surface area contributed by atoms with Gasteiger partial charge < -0.3 is 14.7 Å². The van der Waals surface area contributed by atoms with Gasteiger partial charge in [0.15, 0.2) is 0 Å². The van der Waals surface area contributed by atoms with Gasteiger partial charge in [0.2, 0.25) is 5.91 Å². The first-order valence-electron chi connectivity index (χ1n) is 6.59. The average molecular weight is 300 g/mol. The maximum atomic E-state index is 12.3. The lowest BCUT2D eigenvalue weighted by atomic mass is 10.1. The van der Waals surface area contributed by atoms with Gasteiger partial charge in [0.05, 0.1) is 19.1 Å². The third kappa shape index (κ3) is 5.02. The lowest BCUT2D eigenvalue weighted by Gasteiger charge is -2.28. The molecule has 0 heterocycles. The first-order valence-corrected chi connectivity index (χ1v) is 6.97. The molecule has 1 rings (SSSR count). The number of nitrogens with zero attached hydrogens (tertiary/aromatic N) is 1. The van der Waals surface area contributed by atoms with Gasteiger partial charge in [-0.15, -0.1) is 0 Å². The van der Waals surface area contributed by atoms with Gasteiger partial charge in [0.25, 0.3) is 0 Å². The van der Waals surface area contributed by atoms with E-state index in [0.29, 0.717) is 23.9 Å². The van der Waals surface area contributed by atoms with E-state index in [4.69, 9.17) is 16.3 Å². The number of likely N-dealkylation sites (N-methyl/N-ethyl adjacent to an activating group) is 1. The number of carbonyl (C=O) groups is 1. The third-order valence-corrected chi connectivity index (χ3v) is 3.13. The summed E-state index contributed by atoms with van der Waals surface area (Å²) >= 11 is 5.96. The molecule has 0 saturated heterocycles. The zero-order chi connectivity index (χ0) is 15.3. The van der Waals surface area contributed by atoms with Crippen LogP contribution < -0.4 is 4.74 Å². The molecular weight excluding hydrogens is 278 g/mol. The Labute approximate surface area is 125 Å². The predicted octanol–water partition coefficient (Wildman–Crippen LogP) is 2.51. The molecule has 1 aromatic rings. The molecule has 0 saturated carbocycles. The largest absolute Gasteiger partial charge is 0.496 e. The van der Waals surface area contributed by atoms with E-state index in [1.165, 1.54) is 0 Å². The van der Waals surface area contributed by atoms with Gasteiger partial charge >= 0.3 is 0 Å². The Kier molecular flexibility index (Phi) is 5.84. The number of aliphatic hydroxyl groups is 1. The Morgan fingerprint density at radius 2 is 2.10 bits per heavy atom. The van der Waals surface area contributed by atoms with E-state index in [2.05, 4.69) is 0 Å². The van der Waals surface area contributed by atoms with Crippen LogP contribution in [0.15, 0.2) is 18.2 Å². The fraction of sp³-hybridized carbons (Fsp3) is 0.533. The third-order valence-electron chi connectivity index (χ3n) is 2.90. The van der Waals surface area contributed by atoms with Crippen LogP contribution in [0.2, 0.25) is 5.02 Å². The second-order valence-corrected chi connectivity index (χ2v) is 5.79. The van der Waals surface area contributed by atoms with Crippen LogP contribution in [0, 0.1) is 0 Å². The minimum atomic E-state index is -0.913. The SMILES string of the molecule is CCN(CC(C)(C)O)C(=O)Cc1cc(Cl)ccc1OC. The molecule has 0 aliphatic carbocycles. The molecule has 0 aliphatic heterocycles. The van der Waals surface area contributed by atoms with Crippen LogP contribution in [-0.4, -0.2) is 41.7 Å². The molecule has 0 atom stereocenters. The summed E-state index contributed by atoms with van der Waals surface area (Å²) in [5.41, 5.74) is -0.163. The summed E-state index contributed by atoms with van der Waals surface area (Å²) in [7, 11) is 1.56. The van der Waals surface area contributed by atoms with Crippen molar-refractivity contribution in [3.63, 3.8) is 0 Å². The summed E-state index contributed by atoms with van der Waals surface area (Å²) in [5.74, 6) is 0.581. The van der Waals surface area contributed by atoms with Crippen LogP contribution in [0.4, 0.5) is 0 Å². The summed E-state index contributed by atoms with van der Waals surface area (Å²) in [6, 6.07) is 5.20. The number of rotatable bonds is 6. The maximum Gasteiger partial charge on any atom is 0.227 e. The number of amides is 1. The van der Waals surface area contributed by atoms with E-state index in [1.54, 1.807) is 44.1 Å². The molecule has 0 aromatic heterocycles. The molecule has 0 bridgehead atoms. The Morgan fingerprint density at radius 3 is 2.60 bits per heavy atom. The van der Waals surface area contributed by atoms with Crippen molar-refractivity contribution in [2.24, 2.45) is 0 Å². The van der Waals surface area contributed by atoms with Gasteiger partial charge in [-0.3, -0.25) is 4.79 Å². The molecule has 20 heavy (non-hydrogen) atoms. The topological polar surface area (TPSA) is 49.8 Å². The van der Waals surface area contributed by atoms with Gasteiger partial charge in [-0.1, -0.05) is 11.6 Å². The number of hydrogen-bond acceptors (Lipinski definition) is 3. The van der Waals surface area contributed by atoms with Crippen molar-refractivity contribution in [3.05, 3.63) is 28.8 Å². The Bertz CT molecular complexity index is 469. The number of hydrogen-bond donors (Lipinski definition) is 1. The molecule has 1 aromatic carbocycles. The molecule has 0 aliphatic rings. The lowest BCUT2D eigenvalue weighted by Crippen LogP contribution is -2.42. The van der Waals surface area contributed by atoms with Crippen molar-refractivity contribution in [1.82, 2.24) is 4.90 Å². The van der Waals surface area contributed by atoms with E-state index >= 15 is 0 Å². The number of ether oxygens (including phenoxy) is 1. The molecule has 5 heteroatoms. The van der Waals surface area contributed by atoms with Crippen LogP contribution in [-0.2, 0) is 11.2 Å². The van der Waals surface area contributed by atoms with Crippen LogP contribution in [0.25, 0.3) is 0 Å². The molecule has 0 unspecified atom stereocenters. The highest BCUT2D eigenvalue weighted by molar-refractivity contribution is 6.30.